The molecule has 0 radical (unpaired) electrons. The summed E-state index contributed by atoms with van der Waals surface area (Å²) >= 11 is 0. The first-order valence-electron chi connectivity index (χ1n) is 7.26. The highest BCUT2D eigenvalue weighted by atomic mass is 28.4. The van der Waals surface area contributed by atoms with Gasteiger partial charge in [-0.15, -0.1) is 0 Å². The largest absolute Gasteiger partial charge is 0.414 e. The van der Waals surface area contributed by atoms with Crippen LogP contribution in [0, 0.1) is 0 Å². The van der Waals surface area contributed by atoms with Crippen molar-refractivity contribution in [2.45, 2.75) is 70.7 Å². The lowest BCUT2D eigenvalue weighted by Gasteiger charge is -2.37. The van der Waals surface area contributed by atoms with Crippen LogP contribution in [0.4, 0.5) is 0 Å². The van der Waals surface area contributed by atoms with Gasteiger partial charge in [0.15, 0.2) is 14.1 Å². The average molecular weight is 302 g/mol. The van der Waals surface area contributed by atoms with Gasteiger partial charge in [0.2, 0.25) is 0 Å². The van der Waals surface area contributed by atoms with Gasteiger partial charge in [0.1, 0.15) is 12.2 Å². The van der Waals surface area contributed by atoms with Crippen molar-refractivity contribution in [3.05, 3.63) is 12.2 Å². The van der Waals surface area contributed by atoms with Gasteiger partial charge in [-0.2, -0.15) is 0 Å². The van der Waals surface area contributed by atoms with Crippen LogP contribution >= 0.6 is 0 Å². The molecule has 2 atom stereocenters. The Bertz CT molecular complexity index is 344. The van der Waals surface area contributed by atoms with Gasteiger partial charge in [0, 0.05) is 0 Å². The molecule has 1 N–H and O–H groups in total. The number of aliphatic hydroxyl groups is 1. The standard InChI is InChI=1S/C15H30O4Si/c1-14(2,3)20(6,7)17-11-13-12(9-8-10-16)18-15(4,5)19-13/h8-9,12-13,16H,10-11H2,1-7H3/b9-8+/t12-,13+/m0/s1. The van der Waals surface area contributed by atoms with E-state index in [0.29, 0.717) is 6.61 Å². The molecular formula is C15H30O4Si. The minimum absolute atomic E-state index is 0.0100. The number of aliphatic hydroxyl groups excluding tert-OH is 1. The van der Waals surface area contributed by atoms with E-state index in [0.717, 1.165) is 0 Å². The maximum absolute atomic E-state index is 8.90. The molecule has 0 amide bonds. The van der Waals surface area contributed by atoms with E-state index in [1.54, 1.807) is 6.08 Å². The fourth-order valence-corrected chi connectivity index (χ4v) is 2.87. The first-order chi connectivity index (χ1) is 8.98. The molecule has 5 heteroatoms. The van der Waals surface area contributed by atoms with Crippen LogP contribution in [-0.2, 0) is 13.9 Å². The summed E-state index contributed by atoms with van der Waals surface area (Å²) in [5, 5.41) is 9.08. The smallest absolute Gasteiger partial charge is 0.192 e. The van der Waals surface area contributed by atoms with Crippen LogP contribution in [0.2, 0.25) is 18.1 Å². The van der Waals surface area contributed by atoms with E-state index in [1.807, 2.05) is 19.9 Å². The van der Waals surface area contributed by atoms with E-state index in [2.05, 4.69) is 33.9 Å². The van der Waals surface area contributed by atoms with E-state index in [1.165, 1.54) is 0 Å². The Morgan fingerprint density at radius 2 is 1.85 bits per heavy atom. The van der Waals surface area contributed by atoms with Gasteiger partial charge < -0.3 is 19.0 Å². The average Bonchev–Trinajstić information content (AvgIpc) is 2.57. The summed E-state index contributed by atoms with van der Waals surface area (Å²) in [6.07, 6.45) is 3.26. The number of rotatable bonds is 5. The maximum atomic E-state index is 8.90. The summed E-state index contributed by atoms with van der Waals surface area (Å²) in [5.41, 5.74) is 0. The second-order valence-corrected chi connectivity index (χ2v) is 12.1. The molecule has 0 unspecified atom stereocenters. The van der Waals surface area contributed by atoms with Crippen molar-refractivity contribution < 1.29 is 19.0 Å². The summed E-state index contributed by atoms with van der Waals surface area (Å²) in [6, 6.07) is 0. The highest BCUT2D eigenvalue weighted by molar-refractivity contribution is 6.74. The first kappa shape index (κ1) is 17.8. The van der Waals surface area contributed by atoms with Crippen molar-refractivity contribution >= 4 is 8.32 Å². The quantitative estimate of drug-likeness (QED) is 0.626. The van der Waals surface area contributed by atoms with Crippen molar-refractivity contribution in [3.63, 3.8) is 0 Å². The Morgan fingerprint density at radius 1 is 1.25 bits per heavy atom. The SMILES string of the molecule is CC1(C)O[C@@H](/C=C/CO)[C@@H](CO[Si](C)(C)C(C)(C)C)O1. The van der Waals surface area contributed by atoms with Gasteiger partial charge in [0.05, 0.1) is 13.2 Å². The molecule has 0 aromatic carbocycles. The number of hydrogen-bond donors (Lipinski definition) is 1. The Labute approximate surface area is 124 Å². The van der Waals surface area contributed by atoms with Crippen molar-refractivity contribution in [1.29, 1.82) is 0 Å². The molecule has 118 valence electrons. The number of ether oxygens (including phenoxy) is 2. The highest BCUT2D eigenvalue weighted by Gasteiger charge is 2.43. The Morgan fingerprint density at radius 3 is 2.35 bits per heavy atom. The van der Waals surface area contributed by atoms with Crippen LogP contribution in [0.3, 0.4) is 0 Å². The molecule has 1 aliphatic heterocycles. The van der Waals surface area contributed by atoms with Crippen molar-refractivity contribution in [2.75, 3.05) is 13.2 Å². The topological polar surface area (TPSA) is 47.9 Å². The third-order valence-electron chi connectivity index (χ3n) is 4.07. The lowest BCUT2D eigenvalue weighted by Crippen LogP contribution is -2.43. The third-order valence-corrected chi connectivity index (χ3v) is 8.57. The van der Waals surface area contributed by atoms with Gasteiger partial charge in [-0.05, 0) is 32.0 Å². The Balaban J connectivity index is 2.67. The summed E-state index contributed by atoms with van der Waals surface area (Å²) < 4.78 is 18.0. The van der Waals surface area contributed by atoms with Gasteiger partial charge in [-0.1, -0.05) is 32.9 Å². The van der Waals surface area contributed by atoms with Crippen LogP contribution in [0.5, 0.6) is 0 Å². The van der Waals surface area contributed by atoms with Gasteiger partial charge in [-0.3, -0.25) is 0 Å². The monoisotopic (exact) mass is 302 g/mol. The molecule has 1 fully saturated rings. The predicted molar refractivity (Wildman–Crippen MR) is 83.2 cm³/mol. The highest BCUT2D eigenvalue weighted by Crippen LogP contribution is 2.37. The second-order valence-electron chi connectivity index (χ2n) is 7.32. The van der Waals surface area contributed by atoms with E-state index in [9.17, 15) is 0 Å². The van der Waals surface area contributed by atoms with Gasteiger partial charge >= 0.3 is 0 Å². The van der Waals surface area contributed by atoms with E-state index in [-0.39, 0.29) is 23.9 Å². The Kier molecular flexibility index (Phi) is 5.60. The fraction of sp³-hybridized carbons (Fsp3) is 0.867. The zero-order chi connectivity index (χ0) is 15.6. The van der Waals surface area contributed by atoms with Crippen LogP contribution in [0.1, 0.15) is 34.6 Å². The molecule has 0 saturated carbocycles. The van der Waals surface area contributed by atoms with Crippen LogP contribution in [0.15, 0.2) is 12.2 Å². The number of hydrogen-bond acceptors (Lipinski definition) is 4. The maximum Gasteiger partial charge on any atom is 0.192 e. The van der Waals surface area contributed by atoms with Crippen molar-refractivity contribution in [1.82, 2.24) is 0 Å². The van der Waals surface area contributed by atoms with E-state index < -0.39 is 14.1 Å². The summed E-state index contributed by atoms with van der Waals surface area (Å²) in [4.78, 5) is 0. The van der Waals surface area contributed by atoms with Crippen LogP contribution in [-0.4, -0.2) is 44.6 Å². The summed E-state index contributed by atoms with van der Waals surface area (Å²) in [6.45, 7) is 15.5. The zero-order valence-corrected chi connectivity index (χ0v) is 14.9. The summed E-state index contributed by atoms with van der Waals surface area (Å²) in [7, 11) is -1.79. The first-order valence-corrected chi connectivity index (χ1v) is 10.2. The molecular weight excluding hydrogens is 272 g/mol. The minimum atomic E-state index is -1.79. The van der Waals surface area contributed by atoms with Gasteiger partial charge in [0.25, 0.3) is 0 Å². The molecule has 1 heterocycles. The lowest BCUT2D eigenvalue weighted by atomic mass is 10.2. The molecule has 0 aromatic heterocycles. The molecule has 0 aromatic rings. The molecule has 0 aliphatic carbocycles. The second kappa shape index (κ2) is 6.28. The molecule has 0 spiro atoms. The summed E-state index contributed by atoms with van der Waals surface area (Å²) in [5.74, 6) is -0.605. The van der Waals surface area contributed by atoms with Gasteiger partial charge in [-0.25, -0.2) is 0 Å². The van der Waals surface area contributed by atoms with Crippen molar-refractivity contribution in [3.8, 4) is 0 Å². The molecule has 1 saturated heterocycles. The van der Waals surface area contributed by atoms with E-state index in [4.69, 9.17) is 19.0 Å². The Hall–Kier alpha value is -0.203. The third kappa shape index (κ3) is 4.67. The minimum Gasteiger partial charge on any atom is -0.414 e. The fourth-order valence-electron chi connectivity index (χ4n) is 1.86. The normalized spacial score (nSPS) is 27.4. The van der Waals surface area contributed by atoms with Crippen LogP contribution in [0.25, 0.3) is 0 Å². The van der Waals surface area contributed by atoms with E-state index >= 15 is 0 Å². The van der Waals surface area contributed by atoms with Crippen molar-refractivity contribution in [2.24, 2.45) is 0 Å². The molecule has 20 heavy (non-hydrogen) atoms. The molecule has 1 aliphatic rings. The molecule has 0 bridgehead atoms. The predicted octanol–water partition coefficient (Wildman–Crippen LogP) is 3.08. The zero-order valence-electron chi connectivity index (χ0n) is 13.9. The molecule has 4 nitrogen and oxygen atoms in total. The molecule has 1 rings (SSSR count). The van der Waals surface area contributed by atoms with Crippen LogP contribution < -0.4 is 0 Å². The lowest BCUT2D eigenvalue weighted by molar-refractivity contribution is -0.145.